The van der Waals surface area contributed by atoms with Crippen LogP contribution in [0.1, 0.15) is 32.1 Å². The Labute approximate surface area is 162 Å². The molecular weight excluding hydrogens is 366 g/mol. The number of nitrogens with zero attached hydrogens (tertiary/aromatic N) is 1. The Bertz CT molecular complexity index is 788. The third kappa shape index (κ3) is 4.08. The SMILES string of the molecule is COc1ccccc1NC(=O)COC(=O)CCN1C(=O)NC2(CCCC2)C1=O. The summed E-state index contributed by atoms with van der Waals surface area (Å²) >= 11 is 0. The van der Waals surface area contributed by atoms with Crippen LogP contribution in [0.2, 0.25) is 0 Å². The average molecular weight is 389 g/mol. The van der Waals surface area contributed by atoms with Crippen molar-refractivity contribution in [3.8, 4) is 5.75 Å². The van der Waals surface area contributed by atoms with Gasteiger partial charge >= 0.3 is 12.0 Å². The maximum absolute atomic E-state index is 12.5. The lowest BCUT2D eigenvalue weighted by Gasteiger charge is -2.19. The molecule has 1 aliphatic heterocycles. The summed E-state index contributed by atoms with van der Waals surface area (Å²) in [5, 5.41) is 5.34. The van der Waals surface area contributed by atoms with Gasteiger partial charge in [-0.05, 0) is 25.0 Å². The summed E-state index contributed by atoms with van der Waals surface area (Å²) in [6.45, 7) is -0.541. The molecule has 2 N–H and O–H groups in total. The molecule has 2 fully saturated rings. The Kier molecular flexibility index (Phi) is 5.81. The maximum Gasteiger partial charge on any atom is 0.325 e. The minimum Gasteiger partial charge on any atom is -0.495 e. The van der Waals surface area contributed by atoms with Crippen LogP contribution in [0.3, 0.4) is 0 Å². The third-order valence-corrected chi connectivity index (χ3v) is 4.99. The predicted octanol–water partition coefficient (Wildman–Crippen LogP) is 1.43. The van der Waals surface area contributed by atoms with Gasteiger partial charge in [0.1, 0.15) is 11.3 Å². The van der Waals surface area contributed by atoms with Crippen molar-refractivity contribution in [3.63, 3.8) is 0 Å². The lowest BCUT2D eigenvalue weighted by Crippen LogP contribution is -2.44. The van der Waals surface area contributed by atoms with E-state index in [1.165, 1.54) is 7.11 Å². The fraction of sp³-hybridized carbons (Fsp3) is 0.474. The second-order valence-corrected chi connectivity index (χ2v) is 6.84. The van der Waals surface area contributed by atoms with E-state index in [-0.39, 0.29) is 18.9 Å². The van der Waals surface area contributed by atoms with Gasteiger partial charge in [-0.15, -0.1) is 0 Å². The molecule has 1 aromatic rings. The zero-order chi connectivity index (χ0) is 20.1. The van der Waals surface area contributed by atoms with Crippen LogP contribution in [0.15, 0.2) is 24.3 Å². The molecule has 28 heavy (non-hydrogen) atoms. The number of ether oxygens (including phenoxy) is 2. The fourth-order valence-corrected chi connectivity index (χ4v) is 3.55. The Morgan fingerprint density at radius 2 is 1.93 bits per heavy atom. The highest BCUT2D eigenvalue weighted by atomic mass is 16.5. The Morgan fingerprint density at radius 3 is 2.64 bits per heavy atom. The first-order chi connectivity index (χ1) is 13.4. The molecule has 150 valence electrons. The molecule has 1 heterocycles. The van der Waals surface area contributed by atoms with E-state index in [9.17, 15) is 19.2 Å². The van der Waals surface area contributed by atoms with Crippen LogP contribution in [-0.4, -0.2) is 54.5 Å². The van der Waals surface area contributed by atoms with Crippen molar-refractivity contribution in [1.29, 1.82) is 0 Å². The van der Waals surface area contributed by atoms with E-state index < -0.39 is 30.1 Å². The molecule has 1 spiro atoms. The molecule has 0 unspecified atom stereocenters. The number of urea groups is 1. The van der Waals surface area contributed by atoms with Crippen LogP contribution < -0.4 is 15.4 Å². The van der Waals surface area contributed by atoms with E-state index >= 15 is 0 Å². The number of carbonyl (C=O) groups excluding carboxylic acids is 4. The van der Waals surface area contributed by atoms with Crippen molar-refractivity contribution in [2.45, 2.75) is 37.6 Å². The summed E-state index contributed by atoms with van der Waals surface area (Å²) < 4.78 is 10.1. The predicted molar refractivity (Wildman–Crippen MR) is 98.6 cm³/mol. The molecule has 0 atom stereocenters. The van der Waals surface area contributed by atoms with E-state index in [0.717, 1.165) is 17.7 Å². The first-order valence-electron chi connectivity index (χ1n) is 9.18. The summed E-state index contributed by atoms with van der Waals surface area (Å²) in [4.78, 5) is 49.5. The van der Waals surface area contributed by atoms with E-state index in [0.29, 0.717) is 24.3 Å². The smallest absolute Gasteiger partial charge is 0.325 e. The van der Waals surface area contributed by atoms with Crippen LogP contribution in [0.5, 0.6) is 5.75 Å². The lowest BCUT2D eigenvalue weighted by molar-refractivity contribution is -0.147. The Balaban J connectivity index is 1.44. The minimum absolute atomic E-state index is 0.0701. The van der Waals surface area contributed by atoms with Crippen LogP contribution in [0.4, 0.5) is 10.5 Å². The number of hydrogen-bond acceptors (Lipinski definition) is 6. The molecule has 1 aromatic carbocycles. The van der Waals surface area contributed by atoms with Gasteiger partial charge in [0, 0.05) is 6.54 Å². The molecule has 4 amide bonds. The number of amides is 4. The first kappa shape index (κ1) is 19.7. The number of hydrogen-bond donors (Lipinski definition) is 2. The van der Waals surface area contributed by atoms with Gasteiger partial charge in [0.2, 0.25) is 0 Å². The number of carbonyl (C=O) groups is 4. The van der Waals surface area contributed by atoms with Gasteiger partial charge in [-0.1, -0.05) is 25.0 Å². The number of rotatable bonds is 7. The Hall–Kier alpha value is -3.10. The van der Waals surface area contributed by atoms with Gasteiger partial charge in [0.15, 0.2) is 6.61 Å². The van der Waals surface area contributed by atoms with Gasteiger partial charge in [-0.25, -0.2) is 4.79 Å². The quantitative estimate of drug-likeness (QED) is 0.539. The van der Waals surface area contributed by atoms with Gasteiger partial charge < -0.3 is 20.1 Å². The fourth-order valence-electron chi connectivity index (χ4n) is 3.55. The minimum atomic E-state index is -0.796. The largest absolute Gasteiger partial charge is 0.495 e. The molecule has 1 saturated heterocycles. The van der Waals surface area contributed by atoms with E-state index in [4.69, 9.17) is 9.47 Å². The highest BCUT2D eigenvalue weighted by Gasteiger charge is 2.52. The summed E-state index contributed by atoms with van der Waals surface area (Å²) in [5.41, 5.74) is -0.331. The molecule has 2 aliphatic rings. The van der Waals surface area contributed by atoms with Crippen molar-refractivity contribution in [2.24, 2.45) is 0 Å². The number of imide groups is 1. The van der Waals surface area contributed by atoms with Crippen molar-refractivity contribution in [2.75, 3.05) is 25.6 Å². The summed E-state index contributed by atoms with van der Waals surface area (Å²) in [6, 6.07) is 6.37. The van der Waals surface area contributed by atoms with Gasteiger partial charge in [-0.2, -0.15) is 0 Å². The molecule has 1 aliphatic carbocycles. The molecule has 3 rings (SSSR count). The molecule has 9 nitrogen and oxygen atoms in total. The molecule has 0 aromatic heterocycles. The average Bonchev–Trinajstić information content (AvgIpc) is 3.24. The third-order valence-electron chi connectivity index (χ3n) is 4.99. The number of anilines is 1. The first-order valence-corrected chi connectivity index (χ1v) is 9.18. The highest BCUT2D eigenvalue weighted by Crippen LogP contribution is 2.35. The topological polar surface area (TPSA) is 114 Å². The lowest BCUT2D eigenvalue weighted by atomic mass is 9.98. The molecular formula is C19H23N3O6. The number of esters is 1. The zero-order valence-corrected chi connectivity index (χ0v) is 15.7. The second-order valence-electron chi connectivity index (χ2n) is 6.84. The van der Waals surface area contributed by atoms with Crippen molar-refractivity contribution >= 4 is 29.5 Å². The van der Waals surface area contributed by atoms with Crippen LogP contribution >= 0.6 is 0 Å². The van der Waals surface area contributed by atoms with Crippen LogP contribution in [-0.2, 0) is 19.1 Å². The van der Waals surface area contributed by atoms with E-state index in [2.05, 4.69) is 10.6 Å². The normalized spacial score (nSPS) is 17.5. The number of para-hydroxylation sites is 2. The van der Waals surface area contributed by atoms with Gasteiger partial charge in [0.25, 0.3) is 11.8 Å². The van der Waals surface area contributed by atoms with Crippen molar-refractivity contribution in [3.05, 3.63) is 24.3 Å². The van der Waals surface area contributed by atoms with Crippen LogP contribution in [0, 0.1) is 0 Å². The number of nitrogens with one attached hydrogen (secondary N) is 2. The highest BCUT2D eigenvalue weighted by molar-refractivity contribution is 6.07. The van der Waals surface area contributed by atoms with E-state index in [1.807, 2.05) is 0 Å². The monoisotopic (exact) mass is 389 g/mol. The van der Waals surface area contributed by atoms with E-state index in [1.54, 1.807) is 24.3 Å². The maximum atomic E-state index is 12.5. The van der Waals surface area contributed by atoms with Gasteiger partial charge in [0.05, 0.1) is 19.2 Å². The summed E-state index contributed by atoms with van der Waals surface area (Å²) in [5.74, 6) is -0.973. The molecule has 0 radical (unpaired) electrons. The molecule has 9 heteroatoms. The van der Waals surface area contributed by atoms with Crippen LogP contribution in [0.25, 0.3) is 0 Å². The van der Waals surface area contributed by atoms with Gasteiger partial charge in [-0.3, -0.25) is 19.3 Å². The molecule has 1 saturated carbocycles. The molecule has 0 bridgehead atoms. The zero-order valence-electron chi connectivity index (χ0n) is 15.7. The summed E-state index contributed by atoms with van der Waals surface area (Å²) in [7, 11) is 1.48. The van der Waals surface area contributed by atoms with Crippen molar-refractivity contribution < 1.29 is 28.7 Å². The van der Waals surface area contributed by atoms with Crippen molar-refractivity contribution in [1.82, 2.24) is 10.2 Å². The number of methoxy groups -OCH3 is 1. The summed E-state index contributed by atoms with van der Waals surface area (Å²) in [6.07, 6.45) is 2.87. The second kappa shape index (κ2) is 8.28. The standard InChI is InChI=1S/C19H23N3O6/c1-27-14-7-3-2-6-13(14)20-15(23)12-28-16(24)8-11-22-17(25)19(21-18(22)26)9-4-5-10-19/h2-3,6-7H,4-5,8-12H2,1H3,(H,20,23)(H,21,26). The Morgan fingerprint density at radius 1 is 1.21 bits per heavy atom. The number of benzene rings is 1.